The molecule has 7 heteroatoms. The first-order valence-electron chi connectivity index (χ1n) is 9.20. The standard InChI is InChI=1S/C20H25N3O3S/c1-15-2-4-16(5-3-15)18(24)6-7-19(25)21-12-20-22-17(14-27-20)13-23-8-10-26-11-9-23/h2-5,14H,6-13H2,1H3,(H,21,25). The van der Waals surface area contributed by atoms with E-state index in [4.69, 9.17) is 4.74 Å². The monoisotopic (exact) mass is 387 g/mol. The van der Waals surface area contributed by atoms with Gasteiger partial charge in [0.25, 0.3) is 0 Å². The van der Waals surface area contributed by atoms with E-state index in [2.05, 4.69) is 15.2 Å². The van der Waals surface area contributed by atoms with Crippen molar-refractivity contribution in [1.82, 2.24) is 15.2 Å². The third-order valence-electron chi connectivity index (χ3n) is 4.48. The van der Waals surface area contributed by atoms with Gasteiger partial charge in [-0.25, -0.2) is 4.98 Å². The molecule has 2 heterocycles. The lowest BCUT2D eigenvalue weighted by molar-refractivity contribution is -0.121. The van der Waals surface area contributed by atoms with Crippen molar-refractivity contribution in [1.29, 1.82) is 0 Å². The molecule has 6 nitrogen and oxygen atoms in total. The second-order valence-corrected chi connectivity index (χ2v) is 7.63. The number of Topliss-reactive ketones (excluding diaryl/α,β-unsaturated/α-hetero) is 1. The molecular weight excluding hydrogens is 362 g/mol. The Morgan fingerprint density at radius 1 is 1.19 bits per heavy atom. The number of ether oxygens (including phenoxy) is 1. The summed E-state index contributed by atoms with van der Waals surface area (Å²) < 4.78 is 5.35. The van der Waals surface area contributed by atoms with Crippen molar-refractivity contribution in [3.63, 3.8) is 0 Å². The zero-order valence-corrected chi connectivity index (χ0v) is 16.4. The fourth-order valence-electron chi connectivity index (χ4n) is 2.86. The summed E-state index contributed by atoms with van der Waals surface area (Å²) in [7, 11) is 0. The fourth-order valence-corrected chi connectivity index (χ4v) is 3.59. The minimum Gasteiger partial charge on any atom is -0.379 e. The lowest BCUT2D eigenvalue weighted by Crippen LogP contribution is -2.35. The smallest absolute Gasteiger partial charge is 0.220 e. The van der Waals surface area contributed by atoms with Gasteiger partial charge in [-0.1, -0.05) is 29.8 Å². The van der Waals surface area contributed by atoms with E-state index in [0.717, 1.165) is 49.1 Å². The summed E-state index contributed by atoms with van der Waals surface area (Å²) in [6, 6.07) is 7.43. The summed E-state index contributed by atoms with van der Waals surface area (Å²) in [5, 5.41) is 5.78. The molecule has 1 N–H and O–H groups in total. The fraction of sp³-hybridized carbons (Fsp3) is 0.450. The average molecular weight is 388 g/mol. The SMILES string of the molecule is Cc1ccc(C(=O)CCC(=O)NCc2nc(CN3CCOCC3)cs2)cc1. The lowest BCUT2D eigenvalue weighted by Gasteiger charge is -2.25. The van der Waals surface area contributed by atoms with Crippen LogP contribution >= 0.6 is 11.3 Å². The van der Waals surface area contributed by atoms with Gasteiger partial charge in [0.05, 0.1) is 25.5 Å². The van der Waals surface area contributed by atoms with Crippen LogP contribution in [0.4, 0.5) is 0 Å². The number of morpholine rings is 1. The Hall–Kier alpha value is -2.09. The summed E-state index contributed by atoms with van der Waals surface area (Å²) in [6.45, 7) is 6.61. The van der Waals surface area contributed by atoms with E-state index in [0.29, 0.717) is 12.1 Å². The van der Waals surface area contributed by atoms with Crippen LogP contribution in [0, 0.1) is 6.92 Å². The molecule has 1 aromatic carbocycles. The van der Waals surface area contributed by atoms with Crippen molar-refractivity contribution in [2.24, 2.45) is 0 Å². The van der Waals surface area contributed by atoms with Gasteiger partial charge in [0.15, 0.2) is 5.78 Å². The number of carbonyl (C=O) groups excluding carboxylic acids is 2. The highest BCUT2D eigenvalue weighted by Crippen LogP contribution is 2.13. The number of hydrogen-bond acceptors (Lipinski definition) is 6. The van der Waals surface area contributed by atoms with E-state index in [1.54, 1.807) is 23.5 Å². The van der Waals surface area contributed by atoms with Crippen LogP contribution in [0.2, 0.25) is 0 Å². The van der Waals surface area contributed by atoms with Gasteiger partial charge >= 0.3 is 0 Å². The Balaban J connectivity index is 1.38. The number of nitrogens with one attached hydrogen (secondary N) is 1. The van der Waals surface area contributed by atoms with Crippen molar-refractivity contribution >= 4 is 23.0 Å². The highest BCUT2D eigenvalue weighted by atomic mass is 32.1. The molecule has 1 aliphatic rings. The van der Waals surface area contributed by atoms with Crippen LogP contribution < -0.4 is 5.32 Å². The van der Waals surface area contributed by atoms with Gasteiger partial charge in [0, 0.05) is 43.4 Å². The van der Waals surface area contributed by atoms with E-state index >= 15 is 0 Å². The van der Waals surface area contributed by atoms with Gasteiger partial charge in [-0.2, -0.15) is 0 Å². The number of rotatable bonds is 8. The predicted molar refractivity (Wildman–Crippen MR) is 105 cm³/mol. The van der Waals surface area contributed by atoms with Crippen molar-refractivity contribution in [2.45, 2.75) is 32.9 Å². The molecule has 1 fully saturated rings. The largest absolute Gasteiger partial charge is 0.379 e. The number of nitrogens with zero attached hydrogens (tertiary/aromatic N) is 2. The second kappa shape index (κ2) is 9.73. The predicted octanol–water partition coefficient (Wildman–Crippen LogP) is 2.56. The molecule has 1 saturated heterocycles. The number of ketones is 1. The number of hydrogen-bond donors (Lipinski definition) is 1. The Bertz CT molecular complexity index is 767. The van der Waals surface area contributed by atoms with Gasteiger partial charge in [-0.15, -0.1) is 11.3 Å². The summed E-state index contributed by atoms with van der Waals surface area (Å²) in [6.07, 6.45) is 0.410. The van der Waals surface area contributed by atoms with Crippen molar-refractivity contribution in [3.8, 4) is 0 Å². The third kappa shape index (κ3) is 6.23. The minimum atomic E-state index is -0.125. The molecule has 144 valence electrons. The highest BCUT2D eigenvalue weighted by molar-refractivity contribution is 7.09. The summed E-state index contributed by atoms with van der Waals surface area (Å²) in [5.41, 5.74) is 2.79. The molecule has 0 unspecified atom stereocenters. The molecule has 0 atom stereocenters. The Morgan fingerprint density at radius 2 is 1.93 bits per heavy atom. The average Bonchev–Trinajstić information content (AvgIpc) is 3.13. The Kier molecular flexibility index (Phi) is 7.09. The summed E-state index contributed by atoms with van der Waals surface area (Å²) >= 11 is 1.55. The van der Waals surface area contributed by atoms with E-state index in [1.807, 2.05) is 24.4 Å². The Labute approximate surface area is 163 Å². The molecule has 0 spiro atoms. The molecule has 3 rings (SSSR count). The topological polar surface area (TPSA) is 71.5 Å². The minimum absolute atomic E-state index is 0.00723. The van der Waals surface area contributed by atoms with Crippen LogP contribution in [0.5, 0.6) is 0 Å². The molecule has 27 heavy (non-hydrogen) atoms. The lowest BCUT2D eigenvalue weighted by atomic mass is 10.1. The van der Waals surface area contributed by atoms with Crippen LogP contribution in [0.15, 0.2) is 29.6 Å². The molecule has 2 aromatic rings. The maximum Gasteiger partial charge on any atom is 0.220 e. The van der Waals surface area contributed by atoms with E-state index < -0.39 is 0 Å². The third-order valence-corrected chi connectivity index (χ3v) is 5.38. The van der Waals surface area contributed by atoms with Crippen molar-refractivity contribution in [2.75, 3.05) is 26.3 Å². The Morgan fingerprint density at radius 3 is 2.67 bits per heavy atom. The highest BCUT2D eigenvalue weighted by Gasteiger charge is 2.13. The van der Waals surface area contributed by atoms with Crippen molar-refractivity contribution < 1.29 is 14.3 Å². The second-order valence-electron chi connectivity index (χ2n) is 6.69. The van der Waals surface area contributed by atoms with Gasteiger partial charge in [0.2, 0.25) is 5.91 Å². The molecule has 1 aromatic heterocycles. The van der Waals surface area contributed by atoms with Crippen LogP contribution in [0.3, 0.4) is 0 Å². The molecule has 1 aliphatic heterocycles. The maximum atomic E-state index is 12.1. The first-order valence-corrected chi connectivity index (χ1v) is 10.1. The number of amides is 1. The van der Waals surface area contributed by atoms with Crippen molar-refractivity contribution in [3.05, 3.63) is 51.5 Å². The van der Waals surface area contributed by atoms with E-state index in [1.165, 1.54) is 0 Å². The van der Waals surface area contributed by atoms with Crippen LogP contribution in [0.1, 0.15) is 39.5 Å². The number of aryl methyl sites for hydroxylation is 1. The quantitative estimate of drug-likeness (QED) is 0.705. The van der Waals surface area contributed by atoms with Gasteiger partial charge in [0.1, 0.15) is 5.01 Å². The number of thiazole rings is 1. The number of carbonyl (C=O) groups is 2. The molecular formula is C20H25N3O3S. The first-order chi connectivity index (χ1) is 13.1. The molecule has 1 amide bonds. The van der Waals surface area contributed by atoms with E-state index in [-0.39, 0.29) is 24.5 Å². The maximum absolute atomic E-state index is 12.1. The first kappa shape index (κ1) is 19.7. The summed E-state index contributed by atoms with van der Waals surface area (Å²) in [5.74, 6) is -0.132. The van der Waals surface area contributed by atoms with Gasteiger partial charge in [-0.05, 0) is 6.92 Å². The normalized spacial score (nSPS) is 14.9. The van der Waals surface area contributed by atoms with Crippen LogP contribution in [0.25, 0.3) is 0 Å². The summed E-state index contributed by atoms with van der Waals surface area (Å²) in [4.78, 5) is 31.0. The van der Waals surface area contributed by atoms with Gasteiger partial charge in [-0.3, -0.25) is 14.5 Å². The van der Waals surface area contributed by atoms with Crippen LogP contribution in [-0.2, 0) is 22.6 Å². The zero-order chi connectivity index (χ0) is 19.1. The molecule has 0 bridgehead atoms. The molecule has 0 radical (unpaired) electrons. The van der Waals surface area contributed by atoms with Crippen LogP contribution in [-0.4, -0.2) is 47.9 Å². The zero-order valence-electron chi connectivity index (χ0n) is 15.6. The molecule has 0 aliphatic carbocycles. The number of benzene rings is 1. The van der Waals surface area contributed by atoms with Gasteiger partial charge < -0.3 is 10.1 Å². The molecule has 0 saturated carbocycles. The number of aromatic nitrogens is 1. The van der Waals surface area contributed by atoms with E-state index in [9.17, 15) is 9.59 Å².